The van der Waals surface area contributed by atoms with Crippen LogP contribution in [-0.2, 0) is 0 Å². The summed E-state index contributed by atoms with van der Waals surface area (Å²) in [5.41, 5.74) is 6.40. The number of hydrogen-bond donors (Lipinski definition) is 1. The molecule has 3 heteroatoms. The maximum absolute atomic E-state index is 6.07. The molecule has 1 saturated carbocycles. The summed E-state index contributed by atoms with van der Waals surface area (Å²) in [6, 6.07) is 0. The fraction of sp³-hybridized carbons (Fsp3) is 1.00. The van der Waals surface area contributed by atoms with Gasteiger partial charge in [0.25, 0.3) is 0 Å². The molecule has 88 valence electrons. The van der Waals surface area contributed by atoms with Crippen LogP contribution >= 0.6 is 0 Å². The van der Waals surface area contributed by atoms with Crippen molar-refractivity contribution in [2.45, 2.75) is 31.7 Å². The van der Waals surface area contributed by atoms with E-state index >= 15 is 0 Å². The van der Waals surface area contributed by atoms with Gasteiger partial charge < -0.3 is 10.6 Å². The van der Waals surface area contributed by atoms with Crippen LogP contribution in [0.3, 0.4) is 0 Å². The average molecular weight is 211 g/mol. The average Bonchev–Trinajstić information content (AvgIpc) is 2.62. The third-order valence-corrected chi connectivity index (χ3v) is 4.65. The van der Waals surface area contributed by atoms with Crippen LogP contribution < -0.4 is 5.73 Å². The molecular weight excluding hydrogens is 186 g/mol. The standard InChI is InChI=1S/C12H25N3/c1-11-4-3-5-12(11,10-13)15-8-6-14(2)7-9-15/h11H,3-10,13H2,1-2H3. The topological polar surface area (TPSA) is 32.5 Å². The second-order valence-electron chi connectivity index (χ2n) is 5.39. The zero-order valence-electron chi connectivity index (χ0n) is 10.2. The van der Waals surface area contributed by atoms with Gasteiger partial charge in [0.1, 0.15) is 0 Å². The van der Waals surface area contributed by atoms with Crippen LogP contribution in [0.1, 0.15) is 26.2 Å². The van der Waals surface area contributed by atoms with E-state index in [0.29, 0.717) is 5.54 Å². The second kappa shape index (κ2) is 4.40. The molecule has 1 aliphatic carbocycles. The lowest BCUT2D eigenvalue weighted by molar-refractivity contribution is 0.0234. The van der Waals surface area contributed by atoms with E-state index in [-0.39, 0.29) is 0 Å². The molecule has 2 aliphatic rings. The molecule has 1 saturated heterocycles. The van der Waals surface area contributed by atoms with Crippen molar-refractivity contribution in [2.24, 2.45) is 11.7 Å². The van der Waals surface area contributed by atoms with Gasteiger partial charge in [0.2, 0.25) is 0 Å². The molecule has 0 bridgehead atoms. The lowest BCUT2D eigenvalue weighted by Gasteiger charge is -2.47. The van der Waals surface area contributed by atoms with Crippen molar-refractivity contribution in [3.05, 3.63) is 0 Å². The molecule has 15 heavy (non-hydrogen) atoms. The van der Waals surface area contributed by atoms with Crippen molar-refractivity contribution in [3.8, 4) is 0 Å². The Hall–Kier alpha value is -0.120. The molecule has 1 aliphatic heterocycles. The van der Waals surface area contributed by atoms with Crippen LogP contribution in [0.4, 0.5) is 0 Å². The van der Waals surface area contributed by atoms with Gasteiger partial charge in [0.05, 0.1) is 0 Å². The van der Waals surface area contributed by atoms with Gasteiger partial charge in [0, 0.05) is 38.3 Å². The molecule has 0 spiro atoms. The SMILES string of the molecule is CC1CCCC1(CN)N1CCN(C)CC1. The summed E-state index contributed by atoms with van der Waals surface area (Å²) in [6.45, 7) is 8.05. The van der Waals surface area contributed by atoms with Crippen molar-refractivity contribution in [3.63, 3.8) is 0 Å². The molecule has 2 fully saturated rings. The van der Waals surface area contributed by atoms with Gasteiger partial charge in [-0.05, 0) is 25.8 Å². The largest absolute Gasteiger partial charge is 0.329 e. The highest BCUT2D eigenvalue weighted by Crippen LogP contribution is 2.39. The fourth-order valence-corrected chi connectivity index (χ4v) is 3.38. The molecule has 2 unspecified atom stereocenters. The summed E-state index contributed by atoms with van der Waals surface area (Å²) >= 11 is 0. The number of piperazine rings is 1. The van der Waals surface area contributed by atoms with Crippen LogP contribution in [0.25, 0.3) is 0 Å². The molecule has 2 N–H and O–H groups in total. The van der Waals surface area contributed by atoms with E-state index in [1.165, 1.54) is 45.4 Å². The normalized spacial score (nSPS) is 39.8. The Morgan fingerprint density at radius 1 is 1.27 bits per heavy atom. The highest BCUT2D eigenvalue weighted by molar-refractivity contribution is 5.01. The Morgan fingerprint density at radius 2 is 1.93 bits per heavy atom. The van der Waals surface area contributed by atoms with Crippen molar-refractivity contribution < 1.29 is 0 Å². The Morgan fingerprint density at radius 3 is 2.40 bits per heavy atom. The van der Waals surface area contributed by atoms with Crippen LogP contribution in [0.5, 0.6) is 0 Å². The molecule has 2 rings (SSSR count). The lowest BCUT2D eigenvalue weighted by Crippen LogP contribution is -2.61. The summed E-state index contributed by atoms with van der Waals surface area (Å²) in [4.78, 5) is 5.09. The van der Waals surface area contributed by atoms with E-state index in [9.17, 15) is 0 Å². The molecule has 1 heterocycles. The van der Waals surface area contributed by atoms with Gasteiger partial charge in [-0.1, -0.05) is 13.3 Å². The summed E-state index contributed by atoms with van der Waals surface area (Å²) in [5.74, 6) is 0.783. The number of rotatable bonds is 2. The van der Waals surface area contributed by atoms with Gasteiger partial charge in [-0.25, -0.2) is 0 Å². The highest BCUT2D eigenvalue weighted by Gasteiger charge is 2.44. The monoisotopic (exact) mass is 211 g/mol. The van der Waals surface area contributed by atoms with Crippen LogP contribution in [0.15, 0.2) is 0 Å². The van der Waals surface area contributed by atoms with Gasteiger partial charge in [-0.3, -0.25) is 4.90 Å². The smallest absolute Gasteiger partial charge is 0.0358 e. The minimum Gasteiger partial charge on any atom is -0.329 e. The maximum atomic E-state index is 6.07. The minimum absolute atomic E-state index is 0.335. The van der Waals surface area contributed by atoms with Crippen molar-refractivity contribution >= 4 is 0 Å². The zero-order chi connectivity index (χ0) is 10.9. The first-order valence-corrected chi connectivity index (χ1v) is 6.33. The second-order valence-corrected chi connectivity index (χ2v) is 5.39. The van der Waals surface area contributed by atoms with Crippen LogP contribution in [0.2, 0.25) is 0 Å². The van der Waals surface area contributed by atoms with E-state index in [2.05, 4.69) is 23.8 Å². The van der Waals surface area contributed by atoms with E-state index in [1.807, 2.05) is 0 Å². The van der Waals surface area contributed by atoms with Crippen molar-refractivity contribution in [1.29, 1.82) is 0 Å². The quantitative estimate of drug-likeness (QED) is 0.731. The molecule has 3 nitrogen and oxygen atoms in total. The molecule has 0 radical (unpaired) electrons. The molecule has 0 aromatic rings. The summed E-state index contributed by atoms with van der Waals surface area (Å²) in [5, 5.41) is 0. The highest BCUT2D eigenvalue weighted by atomic mass is 15.3. The van der Waals surface area contributed by atoms with Crippen molar-refractivity contribution in [1.82, 2.24) is 9.80 Å². The number of hydrogen-bond acceptors (Lipinski definition) is 3. The Balaban J connectivity index is 2.06. The Kier molecular flexibility index (Phi) is 3.33. The number of nitrogens with two attached hydrogens (primary N) is 1. The van der Waals surface area contributed by atoms with Gasteiger partial charge in [-0.15, -0.1) is 0 Å². The molecule has 0 aromatic carbocycles. The number of nitrogens with zero attached hydrogens (tertiary/aromatic N) is 2. The Bertz CT molecular complexity index is 211. The lowest BCUT2D eigenvalue weighted by atomic mass is 9.86. The molecule has 0 aromatic heterocycles. The molecule has 2 atom stereocenters. The predicted octanol–water partition coefficient (Wildman–Crippen LogP) is 0.751. The van der Waals surface area contributed by atoms with Crippen molar-refractivity contribution in [2.75, 3.05) is 39.8 Å². The predicted molar refractivity (Wildman–Crippen MR) is 63.9 cm³/mol. The van der Waals surface area contributed by atoms with E-state index in [1.54, 1.807) is 0 Å². The van der Waals surface area contributed by atoms with Gasteiger partial charge >= 0.3 is 0 Å². The van der Waals surface area contributed by atoms with Crippen LogP contribution in [-0.4, -0.2) is 55.1 Å². The molecular formula is C12H25N3. The fourth-order valence-electron chi connectivity index (χ4n) is 3.38. The zero-order valence-corrected chi connectivity index (χ0v) is 10.2. The van der Waals surface area contributed by atoms with E-state index in [4.69, 9.17) is 5.73 Å². The third kappa shape index (κ3) is 1.93. The van der Waals surface area contributed by atoms with E-state index in [0.717, 1.165) is 12.5 Å². The summed E-state index contributed by atoms with van der Waals surface area (Å²) < 4.78 is 0. The third-order valence-electron chi connectivity index (χ3n) is 4.65. The van der Waals surface area contributed by atoms with Gasteiger partial charge in [0.15, 0.2) is 0 Å². The summed E-state index contributed by atoms with van der Waals surface area (Å²) in [7, 11) is 2.21. The van der Waals surface area contributed by atoms with E-state index < -0.39 is 0 Å². The number of likely N-dealkylation sites (N-methyl/N-ethyl adjacent to an activating group) is 1. The van der Waals surface area contributed by atoms with Gasteiger partial charge in [-0.2, -0.15) is 0 Å². The first-order valence-electron chi connectivity index (χ1n) is 6.33. The maximum Gasteiger partial charge on any atom is 0.0358 e. The van der Waals surface area contributed by atoms with Crippen LogP contribution in [0, 0.1) is 5.92 Å². The Labute approximate surface area is 93.6 Å². The minimum atomic E-state index is 0.335. The molecule has 0 amide bonds. The first-order chi connectivity index (χ1) is 7.19. The first kappa shape index (κ1) is 11.4. The summed E-state index contributed by atoms with van der Waals surface area (Å²) in [6.07, 6.45) is 4.04.